The molecular weight excluding hydrogens is 1180 g/mol. The average molecular weight is 1260 g/mol. The fourth-order valence-electron chi connectivity index (χ4n) is 15.7. The normalized spacial score (nSPS) is 13.6. The number of nitrogens with zero attached hydrogens (tertiary/aromatic N) is 5. The number of anilines is 4. The number of hydrogen-bond acceptors (Lipinski definition) is 4. The predicted molar refractivity (Wildman–Crippen MR) is 406 cm³/mol. The van der Waals surface area contributed by atoms with Crippen molar-refractivity contribution >= 4 is 66.4 Å². The molecule has 0 spiro atoms. The monoisotopic (exact) mass is 1260 g/mol. The molecule has 0 atom stereocenters. The Labute approximate surface area is 569 Å². The van der Waals surface area contributed by atoms with E-state index in [2.05, 4.69) is 366 Å². The third kappa shape index (κ3) is 9.78. The number of hydrogen-bond donors (Lipinski definition) is 0. The molecule has 17 rings (SSSR count). The number of rotatable bonds is 10. The second kappa shape index (κ2) is 22.5. The molecule has 0 bridgehead atoms. The van der Waals surface area contributed by atoms with Gasteiger partial charge in [-0.3, -0.25) is 4.57 Å². The van der Waals surface area contributed by atoms with E-state index in [1.54, 1.807) is 0 Å². The molecule has 97 heavy (non-hydrogen) atoms. The molecule has 1 aliphatic carbocycles. The first-order chi connectivity index (χ1) is 47.0. The van der Waals surface area contributed by atoms with Gasteiger partial charge in [-0.05, 0) is 162 Å². The molecule has 4 heterocycles. The Morgan fingerprint density at radius 3 is 1.45 bits per heavy atom. The fraction of sp³-hybridized carbons (Fsp3) is 0.154. The van der Waals surface area contributed by atoms with E-state index in [1.165, 1.54) is 77.5 Å². The van der Waals surface area contributed by atoms with E-state index in [1.807, 2.05) is 6.20 Å². The molecule has 0 N–H and O–H groups in total. The van der Waals surface area contributed by atoms with E-state index in [-0.39, 0.29) is 16.2 Å². The second-order valence-corrected chi connectivity index (χ2v) is 29.6. The third-order valence-corrected chi connectivity index (χ3v) is 20.6. The Morgan fingerprint density at radius 2 is 0.856 bits per heavy atom. The molecular formula is C91H77N5O. The summed E-state index contributed by atoms with van der Waals surface area (Å²) < 4.78 is 12.4. The minimum absolute atomic E-state index is 0.0478. The number of benzene rings is 12. The van der Waals surface area contributed by atoms with Crippen molar-refractivity contribution in [2.75, 3.05) is 16.5 Å². The molecule has 472 valence electrons. The zero-order valence-electron chi connectivity index (χ0n) is 56.6. The maximum atomic E-state index is 7.67. The lowest BCUT2D eigenvalue weighted by Crippen LogP contribution is -2.30. The van der Waals surface area contributed by atoms with E-state index >= 15 is 0 Å². The van der Waals surface area contributed by atoms with E-state index in [0.29, 0.717) is 12.4 Å². The van der Waals surface area contributed by atoms with Gasteiger partial charge in [-0.2, -0.15) is 0 Å². The zero-order valence-corrected chi connectivity index (χ0v) is 56.6. The van der Waals surface area contributed by atoms with Crippen LogP contribution in [0.15, 0.2) is 291 Å². The van der Waals surface area contributed by atoms with Gasteiger partial charge in [-0.1, -0.05) is 250 Å². The van der Waals surface area contributed by atoms with Gasteiger partial charge >= 0.3 is 0 Å². The first-order valence-electron chi connectivity index (χ1n) is 34.1. The Morgan fingerprint density at radius 1 is 0.340 bits per heavy atom. The van der Waals surface area contributed by atoms with Crippen LogP contribution < -0.4 is 14.5 Å². The summed E-state index contributed by atoms with van der Waals surface area (Å²) in [5.74, 6) is 2.29. The van der Waals surface area contributed by atoms with Crippen molar-refractivity contribution in [3.05, 3.63) is 330 Å². The van der Waals surface area contributed by atoms with Gasteiger partial charge < -0.3 is 19.1 Å². The zero-order chi connectivity index (χ0) is 66.1. The van der Waals surface area contributed by atoms with Crippen molar-refractivity contribution in [2.45, 2.75) is 84.0 Å². The van der Waals surface area contributed by atoms with Gasteiger partial charge in [0.1, 0.15) is 24.0 Å². The van der Waals surface area contributed by atoms with Gasteiger partial charge in [0.2, 0.25) is 0 Å². The lowest BCUT2D eigenvalue weighted by atomic mass is 9.67. The Hall–Kier alpha value is -11.2. The van der Waals surface area contributed by atoms with Crippen molar-refractivity contribution < 1.29 is 4.74 Å². The lowest BCUT2D eigenvalue weighted by Gasteiger charge is -2.35. The molecule has 6 nitrogen and oxygen atoms in total. The first-order valence-corrected chi connectivity index (χ1v) is 34.1. The Bertz CT molecular complexity index is 5440. The van der Waals surface area contributed by atoms with Crippen molar-refractivity contribution in [2.24, 2.45) is 0 Å². The SMILES string of the molecule is CC(C)(C)c1ccc(C2(c3cc(Oc4ccc5c6ccc(-n7c8ccccc8c8ccccc87)cc6n(-c6cc(C(C)(C)C)ccn6)c5c4)cc(N4CN(c5c(-c6ccccc6)cc(C(C)(C)C)cc5-c5ccccc5)c5ccccc54)c3)c3ccccc3-c3ccccc32)cc1. The van der Waals surface area contributed by atoms with Crippen LogP contribution >= 0.6 is 0 Å². The van der Waals surface area contributed by atoms with Crippen LogP contribution in [0.5, 0.6) is 11.5 Å². The standard InChI is InChI=1S/C91H77N5O/c1-88(2,3)61-40-42-62(43-41-61)91(78-34-20-16-30-70(78)71-31-17-21-35-79(71)91)65-50-67(93-58-94(83-39-25-24-38-82(83)93)87-76(59-26-12-10-13-27-59)52-64(90(7,8)9)53-77(87)60-28-14-11-15-29-60)55-69(51-65)97-68-45-47-75-74-46-44-66(95-80-36-22-18-32-72(80)73-33-19-23-37-81(73)95)56-84(74)96(85(75)57-68)86-54-63(48-49-92-86)89(4,5)6/h10-57H,58H2,1-9H3. The summed E-state index contributed by atoms with van der Waals surface area (Å²) in [6, 6.07) is 106. The molecule has 3 aromatic heterocycles. The van der Waals surface area contributed by atoms with Crippen LogP contribution in [0.2, 0.25) is 0 Å². The summed E-state index contributed by atoms with van der Waals surface area (Å²) in [6.45, 7) is 21.2. The smallest absolute Gasteiger partial charge is 0.137 e. The molecule has 0 saturated heterocycles. The number of ether oxygens (including phenoxy) is 1. The highest BCUT2D eigenvalue weighted by atomic mass is 16.5. The van der Waals surface area contributed by atoms with Crippen molar-refractivity contribution in [1.82, 2.24) is 14.1 Å². The topological polar surface area (TPSA) is 38.5 Å². The average Bonchev–Trinajstić information content (AvgIpc) is 1.57. The van der Waals surface area contributed by atoms with Crippen LogP contribution in [-0.4, -0.2) is 20.8 Å². The molecule has 12 aromatic carbocycles. The summed E-state index contributed by atoms with van der Waals surface area (Å²) >= 11 is 0. The van der Waals surface area contributed by atoms with Gasteiger partial charge in [0.05, 0.1) is 44.5 Å². The van der Waals surface area contributed by atoms with Crippen LogP contribution in [0.25, 0.3) is 88.5 Å². The van der Waals surface area contributed by atoms with Crippen LogP contribution in [0, 0.1) is 0 Å². The molecule has 6 heteroatoms. The molecule has 15 aromatic rings. The van der Waals surface area contributed by atoms with Gasteiger partial charge in [-0.15, -0.1) is 0 Å². The summed E-state index contributed by atoms with van der Waals surface area (Å²) in [4.78, 5) is 10.3. The van der Waals surface area contributed by atoms with Crippen LogP contribution in [-0.2, 0) is 21.7 Å². The van der Waals surface area contributed by atoms with Crippen LogP contribution in [0.1, 0.15) is 101 Å². The molecule has 0 radical (unpaired) electrons. The van der Waals surface area contributed by atoms with E-state index in [9.17, 15) is 0 Å². The van der Waals surface area contributed by atoms with Gasteiger partial charge in [-0.25, -0.2) is 4.98 Å². The highest BCUT2D eigenvalue weighted by Gasteiger charge is 2.47. The lowest BCUT2D eigenvalue weighted by molar-refractivity contribution is 0.482. The minimum Gasteiger partial charge on any atom is -0.457 e. The Balaban J connectivity index is 0.898. The van der Waals surface area contributed by atoms with E-state index < -0.39 is 5.41 Å². The summed E-state index contributed by atoms with van der Waals surface area (Å²) in [5.41, 5.74) is 24.6. The van der Waals surface area contributed by atoms with Gasteiger partial charge in [0.15, 0.2) is 0 Å². The summed E-state index contributed by atoms with van der Waals surface area (Å²) in [7, 11) is 0. The highest BCUT2D eigenvalue weighted by molar-refractivity contribution is 6.12. The molecule has 0 amide bonds. The van der Waals surface area contributed by atoms with Gasteiger partial charge in [0, 0.05) is 62.4 Å². The van der Waals surface area contributed by atoms with Crippen LogP contribution in [0.4, 0.5) is 22.7 Å². The Kier molecular flexibility index (Phi) is 13.8. The fourth-order valence-corrected chi connectivity index (χ4v) is 15.7. The van der Waals surface area contributed by atoms with Crippen molar-refractivity contribution in [3.8, 4) is 56.4 Å². The van der Waals surface area contributed by atoms with Crippen molar-refractivity contribution in [1.29, 1.82) is 0 Å². The first kappa shape index (κ1) is 59.5. The molecule has 0 saturated carbocycles. The number of para-hydroxylation sites is 4. The maximum Gasteiger partial charge on any atom is 0.137 e. The van der Waals surface area contributed by atoms with Crippen molar-refractivity contribution in [3.63, 3.8) is 0 Å². The maximum absolute atomic E-state index is 7.67. The summed E-state index contributed by atoms with van der Waals surface area (Å²) in [5, 5.41) is 4.70. The minimum atomic E-state index is -0.755. The number of aromatic nitrogens is 3. The number of fused-ring (bicyclic) bond motifs is 10. The van der Waals surface area contributed by atoms with Gasteiger partial charge in [0.25, 0.3) is 0 Å². The van der Waals surface area contributed by atoms with E-state index in [0.717, 1.165) is 78.4 Å². The highest BCUT2D eigenvalue weighted by Crippen LogP contribution is 2.59. The quantitative estimate of drug-likeness (QED) is 0.137. The second-order valence-electron chi connectivity index (χ2n) is 29.6. The predicted octanol–water partition coefficient (Wildman–Crippen LogP) is 23.9. The van der Waals surface area contributed by atoms with Crippen LogP contribution in [0.3, 0.4) is 0 Å². The molecule has 1 aliphatic heterocycles. The largest absolute Gasteiger partial charge is 0.457 e. The molecule has 0 unspecified atom stereocenters. The molecule has 0 fully saturated rings. The number of pyridine rings is 1. The molecule has 2 aliphatic rings. The summed E-state index contributed by atoms with van der Waals surface area (Å²) in [6.07, 6.45) is 1.97. The van der Waals surface area contributed by atoms with E-state index in [4.69, 9.17) is 9.72 Å². The third-order valence-electron chi connectivity index (χ3n) is 20.6.